The number of nitrogens with zero attached hydrogens (tertiary/aromatic N) is 1. The summed E-state index contributed by atoms with van der Waals surface area (Å²) < 4.78 is 63.8. The quantitative estimate of drug-likeness (QED) is 0.241. The molecule has 2 aromatic rings. The first-order valence-electron chi connectivity index (χ1n) is 10.1. The Balaban J connectivity index is 2.26. The molecule has 192 valence electrons. The van der Waals surface area contributed by atoms with Crippen LogP contribution in [0.4, 0.5) is 13.2 Å². The van der Waals surface area contributed by atoms with E-state index in [1.807, 2.05) is 0 Å². The second kappa shape index (κ2) is 11.4. The first-order valence-corrected chi connectivity index (χ1v) is 13.7. The summed E-state index contributed by atoms with van der Waals surface area (Å²) in [5.74, 6) is -2.53. The van der Waals surface area contributed by atoms with Crippen molar-refractivity contribution in [2.45, 2.75) is 25.1 Å². The van der Waals surface area contributed by atoms with E-state index < -0.39 is 21.9 Å². The Morgan fingerprint density at radius 3 is 2.09 bits per heavy atom. The van der Waals surface area contributed by atoms with Crippen LogP contribution in [0, 0.1) is 0 Å². The van der Waals surface area contributed by atoms with Crippen LogP contribution in [0.3, 0.4) is 0 Å². The Labute approximate surface area is 222 Å². The van der Waals surface area contributed by atoms with Crippen LogP contribution in [0.15, 0.2) is 36.4 Å². The number of quaternary nitrogens is 1. The van der Waals surface area contributed by atoms with Crippen LogP contribution < -0.4 is 0 Å². The molecule has 12 heteroatoms. The van der Waals surface area contributed by atoms with Crippen molar-refractivity contribution >= 4 is 68.2 Å². The number of rotatable bonds is 8. The maximum absolute atomic E-state index is 13.7. The molecule has 0 fully saturated rings. The highest BCUT2D eigenvalue weighted by Gasteiger charge is 2.39. The van der Waals surface area contributed by atoms with Gasteiger partial charge in [-0.15, -0.1) is 0 Å². The molecule has 0 saturated carbocycles. The van der Waals surface area contributed by atoms with Gasteiger partial charge < -0.3 is 0 Å². The Hall–Kier alpha value is -1.29. The average Bonchev–Trinajstić information content (AvgIpc) is 2.70. The van der Waals surface area contributed by atoms with Crippen molar-refractivity contribution in [2.75, 3.05) is 26.1 Å². The van der Waals surface area contributed by atoms with Crippen molar-refractivity contribution in [1.29, 1.82) is 0 Å². The summed E-state index contributed by atoms with van der Waals surface area (Å²) in [7, 11) is -0.0230. The number of hydrogen-bond acceptors (Lipinski definition) is 3. The van der Waals surface area contributed by atoms with Gasteiger partial charge in [0.2, 0.25) is 0 Å². The van der Waals surface area contributed by atoms with Gasteiger partial charge in [-0.2, -0.15) is 13.2 Å². The lowest BCUT2D eigenvalue weighted by atomic mass is 9.97. The highest BCUT2D eigenvalue weighted by molar-refractivity contribution is 7.90. The Kier molecular flexibility index (Phi) is 9.75. The third-order valence-electron chi connectivity index (χ3n) is 5.20. The van der Waals surface area contributed by atoms with Gasteiger partial charge in [0.1, 0.15) is 16.4 Å². The summed E-state index contributed by atoms with van der Waals surface area (Å²) >= 11 is 24.0. The molecule has 0 aliphatic carbocycles. The van der Waals surface area contributed by atoms with E-state index in [0.717, 1.165) is 24.5 Å². The van der Waals surface area contributed by atoms with Gasteiger partial charge in [-0.05, 0) is 29.3 Å². The molecular weight excluding hydrogens is 569 g/mol. The lowest BCUT2D eigenvalue weighted by Gasteiger charge is -2.27. The predicted molar refractivity (Wildman–Crippen MR) is 136 cm³/mol. The second-order valence-electron chi connectivity index (χ2n) is 8.64. The summed E-state index contributed by atoms with van der Waals surface area (Å²) in [6.07, 6.45) is -1.45. The van der Waals surface area contributed by atoms with Crippen LogP contribution in [-0.4, -0.2) is 51.1 Å². The first-order chi connectivity index (χ1) is 15.9. The van der Waals surface area contributed by atoms with Crippen LogP contribution in [0.2, 0.25) is 20.1 Å². The Bertz CT molecular complexity index is 1220. The second-order valence-corrected chi connectivity index (χ2v) is 12.5. The van der Waals surface area contributed by atoms with Gasteiger partial charge in [0.05, 0.1) is 47.3 Å². The molecule has 35 heavy (non-hydrogen) atoms. The number of benzene rings is 2. The van der Waals surface area contributed by atoms with Gasteiger partial charge >= 0.3 is 12.1 Å². The van der Waals surface area contributed by atoms with E-state index in [0.29, 0.717) is 11.1 Å². The molecule has 0 spiro atoms. The van der Waals surface area contributed by atoms with Gasteiger partial charge in [-0.25, -0.2) is 13.2 Å². The maximum atomic E-state index is 13.7. The molecule has 0 heterocycles. The molecule has 2 aromatic carbocycles. The predicted octanol–water partition coefficient (Wildman–Crippen LogP) is 7.20. The van der Waals surface area contributed by atoms with Crippen LogP contribution >= 0.6 is 46.4 Å². The van der Waals surface area contributed by atoms with E-state index >= 15 is 0 Å². The highest BCUT2D eigenvalue weighted by atomic mass is 35.5. The zero-order chi connectivity index (χ0) is 26.8. The molecule has 0 saturated heterocycles. The van der Waals surface area contributed by atoms with Crippen LogP contribution in [-0.2, 0) is 21.2 Å². The molecule has 0 aliphatic heterocycles. The smallest absolute Gasteiger partial charge is 0.262 e. The fourth-order valence-corrected chi connectivity index (χ4v) is 4.66. The summed E-state index contributed by atoms with van der Waals surface area (Å²) in [5, 5.41) is 0.0583. The highest BCUT2D eigenvalue weighted by Crippen LogP contribution is 2.41. The fourth-order valence-electron chi connectivity index (χ4n) is 3.26. The van der Waals surface area contributed by atoms with Gasteiger partial charge in [0, 0.05) is 16.8 Å². The Morgan fingerprint density at radius 1 is 1.03 bits per heavy atom. The zero-order valence-electron chi connectivity index (χ0n) is 19.0. The van der Waals surface area contributed by atoms with Gasteiger partial charge in [-0.1, -0.05) is 70.7 Å². The number of amides is 1. The molecule has 0 aromatic heterocycles. The van der Waals surface area contributed by atoms with E-state index in [-0.39, 0.29) is 54.8 Å². The number of carbonyl (C=O) groups is 1. The van der Waals surface area contributed by atoms with E-state index in [1.165, 1.54) is 12.1 Å². The van der Waals surface area contributed by atoms with Crippen LogP contribution in [0.1, 0.15) is 29.0 Å². The number of allylic oxidation sites excluding steroid dienone is 1. The first kappa shape index (κ1) is 29.9. The molecule has 0 bridgehead atoms. The zero-order valence-corrected chi connectivity index (χ0v) is 22.8. The molecule has 0 radical (unpaired) electrons. The van der Waals surface area contributed by atoms with Gasteiger partial charge in [-0.3, -0.25) is 4.48 Å². The van der Waals surface area contributed by atoms with Crippen molar-refractivity contribution in [2.24, 2.45) is 0 Å². The summed E-state index contributed by atoms with van der Waals surface area (Å²) in [5.41, 5.74) is 0.834. The lowest BCUT2D eigenvalue weighted by molar-refractivity contribution is -0.827. The van der Waals surface area contributed by atoms with Crippen LogP contribution in [0.5, 0.6) is 0 Å². The number of halogens is 7. The number of hydrogen-bond donors (Lipinski definition) is 0. The molecule has 1 amide bonds. The van der Waals surface area contributed by atoms with Crippen molar-refractivity contribution in [1.82, 2.24) is 0 Å². The van der Waals surface area contributed by atoms with Crippen molar-refractivity contribution in [3.8, 4) is 0 Å². The molecular formula is C23H23Cl4F3NO3S+. The van der Waals surface area contributed by atoms with Crippen molar-refractivity contribution < 1.29 is 30.9 Å². The van der Waals surface area contributed by atoms with E-state index in [2.05, 4.69) is 0 Å². The maximum Gasteiger partial charge on any atom is 0.399 e. The normalized spacial score (nSPS) is 13.9. The van der Waals surface area contributed by atoms with Crippen molar-refractivity contribution in [3.63, 3.8) is 0 Å². The third kappa shape index (κ3) is 8.65. The molecule has 0 aliphatic rings. The van der Waals surface area contributed by atoms with E-state index in [9.17, 15) is 26.4 Å². The molecule has 1 atom stereocenters. The fraction of sp³-hybridized carbons (Fsp3) is 0.348. The minimum absolute atomic E-state index is 0.0273. The SMILES string of the molecule is C[N+](C)(Cc1ccc(C=CC(c2cc(Cl)c(Cl)c(Cl)c2)C(F)(F)F)cc1Cl)C(=O)CCS(C)(=O)=O. The lowest BCUT2D eigenvalue weighted by Crippen LogP contribution is -2.45. The number of carbonyl (C=O) groups excluding carboxylic acids is 1. The molecule has 2 rings (SSSR count). The molecule has 1 unspecified atom stereocenters. The summed E-state index contributed by atoms with van der Waals surface area (Å²) in [6, 6.07) is 6.92. The topological polar surface area (TPSA) is 51.2 Å². The number of sulfone groups is 1. The Morgan fingerprint density at radius 2 is 1.60 bits per heavy atom. The summed E-state index contributed by atoms with van der Waals surface area (Å²) in [6.45, 7) is 0.179. The third-order valence-corrected chi connectivity index (χ3v) is 7.70. The standard InChI is InChI=1S/C23H23Cl4F3NO3S/c1-31(2,21(32)8-9-35(3,33)34)13-15-6-4-14(10-18(15)24)5-7-17(23(28,29)30)16-11-19(25)22(27)20(26)12-16/h4-7,10-12,17H,8-9,13H2,1-3H3/q+1. The van der Waals surface area contributed by atoms with E-state index in [1.54, 1.807) is 26.2 Å². The van der Waals surface area contributed by atoms with Crippen molar-refractivity contribution in [3.05, 3.63) is 73.2 Å². The molecule has 4 nitrogen and oxygen atoms in total. The average molecular weight is 592 g/mol. The summed E-state index contributed by atoms with van der Waals surface area (Å²) in [4.78, 5) is 12.5. The van der Waals surface area contributed by atoms with Crippen LogP contribution in [0.25, 0.3) is 6.08 Å². The largest absolute Gasteiger partial charge is 0.399 e. The van der Waals surface area contributed by atoms with E-state index in [4.69, 9.17) is 46.4 Å². The number of alkyl halides is 3. The molecule has 0 N–H and O–H groups in total. The van der Waals surface area contributed by atoms with Gasteiger partial charge in [0.25, 0.3) is 0 Å². The minimum atomic E-state index is -4.62. The monoisotopic (exact) mass is 590 g/mol. The van der Waals surface area contributed by atoms with Gasteiger partial charge in [0.15, 0.2) is 0 Å². The minimum Gasteiger partial charge on any atom is -0.262 e.